The number of halogens is 1. The van der Waals surface area contributed by atoms with Gasteiger partial charge < -0.3 is 0 Å². The number of nitrogens with zero attached hydrogens (tertiary/aromatic N) is 3. The van der Waals surface area contributed by atoms with Crippen LogP contribution in [-0.2, 0) is 12.0 Å². The summed E-state index contributed by atoms with van der Waals surface area (Å²) < 4.78 is 0. The lowest BCUT2D eigenvalue weighted by molar-refractivity contribution is 0.296. The molecule has 0 N–H and O–H groups in total. The number of rotatable bonds is 5. The molecule has 4 heteroatoms. The zero-order valence-electron chi connectivity index (χ0n) is 15.6. The van der Waals surface area contributed by atoms with Gasteiger partial charge in [-0.05, 0) is 48.4 Å². The molecule has 0 saturated carbocycles. The Morgan fingerprint density at radius 1 is 1.04 bits per heavy atom. The van der Waals surface area contributed by atoms with E-state index in [4.69, 9.17) is 11.6 Å². The van der Waals surface area contributed by atoms with Gasteiger partial charge >= 0.3 is 0 Å². The molecule has 140 valence electrons. The van der Waals surface area contributed by atoms with Crippen molar-refractivity contribution in [2.45, 2.75) is 18.4 Å². The highest BCUT2D eigenvalue weighted by Gasteiger charge is 2.46. The van der Waals surface area contributed by atoms with Gasteiger partial charge in [-0.3, -0.25) is 9.88 Å². The third-order valence-electron chi connectivity index (χ3n) is 5.68. The SMILES string of the molecule is N#CC(c1ccc(Cl)cc1)(c1ccccn1)C1CCN(Cc2ccccc2)C1. The lowest BCUT2D eigenvalue weighted by Gasteiger charge is -2.33. The van der Waals surface area contributed by atoms with Crippen LogP contribution in [-0.4, -0.2) is 23.0 Å². The van der Waals surface area contributed by atoms with Crippen molar-refractivity contribution in [1.82, 2.24) is 9.88 Å². The van der Waals surface area contributed by atoms with Crippen molar-refractivity contribution in [3.05, 3.63) is 101 Å². The van der Waals surface area contributed by atoms with Gasteiger partial charge in [0.2, 0.25) is 0 Å². The average Bonchev–Trinajstić information content (AvgIpc) is 3.20. The molecule has 1 aromatic heterocycles. The van der Waals surface area contributed by atoms with Crippen LogP contribution in [0.25, 0.3) is 0 Å². The Kier molecular flexibility index (Phi) is 5.43. The standard InChI is InChI=1S/C24H22ClN3/c25-22-11-9-20(10-12-22)24(18-26,23-8-4-5-14-27-23)21-13-15-28(17-21)16-19-6-2-1-3-7-19/h1-12,14,21H,13,15-17H2. The van der Waals surface area contributed by atoms with E-state index >= 15 is 0 Å². The Balaban J connectivity index is 1.68. The second-order valence-electron chi connectivity index (χ2n) is 7.35. The average molecular weight is 388 g/mol. The lowest BCUT2D eigenvalue weighted by Crippen LogP contribution is -2.38. The van der Waals surface area contributed by atoms with Crippen molar-refractivity contribution in [2.75, 3.05) is 13.1 Å². The van der Waals surface area contributed by atoms with Gasteiger partial charge in [-0.25, -0.2) is 0 Å². The third kappa shape index (κ3) is 3.54. The second-order valence-corrected chi connectivity index (χ2v) is 7.78. The normalized spacial score (nSPS) is 19.1. The second kappa shape index (κ2) is 8.14. The minimum Gasteiger partial charge on any atom is -0.299 e. The molecule has 4 rings (SSSR count). The summed E-state index contributed by atoms with van der Waals surface area (Å²) in [5.41, 5.74) is 2.29. The quantitative estimate of drug-likeness (QED) is 0.613. The van der Waals surface area contributed by atoms with Crippen LogP contribution in [0.3, 0.4) is 0 Å². The van der Waals surface area contributed by atoms with Gasteiger partial charge in [-0.2, -0.15) is 5.26 Å². The van der Waals surface area contributed by atoms with Crippen LogP contribution in [0, 0.1) is 17.2 Å². The van der Waals surface area contributed by atoms with Gasteiger partial charge in [0.25, 0.3) is 0 Å². The molecule has 3 nitrogen and oxygen atoms in total. The molecule has 2 aromatic carbocycles. The number of hydrogen-bond acceptors (Lipinski definition) is 3. The van der Waals surface area contributed by atoms with E-state index in [1.165, 1.54) is 5.56 Å². The zero-order chi connectivity index (χ0) is 19.4. The van der Waals surface area contributed by atoms with Crippen LogP contribution < -0.4 is 0 Å². The van der Waals surface area contributed by atoms with Gasteiger partial charge in [-0.15, -0.1) is 0 Å². The van der Waals surface area contributed by atoms with Crippen LogP contribution in [0.2, 0.25) is 5.02 Å². The van der Waals surface area contributed by atoms with Gasteiger partial charge in [0.1, 0.15) is 5.41 Å². The van der Waals surface area contributed by atoms with Crippen molar-refractivity contribution < 1.29 is 0 Å². The van der Waals surface area contributed by atoms with Gasteiger partial charge in [0.05, 0.1) is 11.8 Å². The molecule has 1 aliphatic heterocycles. The molecule has 1 aliphatic rings. The maximum Gasteiger partial charge on any atom is 0.128 e. The number of likely N-dealkylation sites (tertiary alicyclic amines) is 1. The van der Waals surface area contributed by atoms with E-state index in [0.29, 0.717) is 5.02 Å². The van der Waals surface area contributed by atoms with Crippen molar-refractivity contribution in [1.29, 1.82) is 5.26 Å². The van der Waals surface area contributed by atoms with Crippen LogP contribution in [0.1, 0.15) is 23.2 Å². The summed E-state index contributed by atoms with van der Waals surface area (Å²) in [7, 11) is 0. The van der Waals surface area contributed by atoms with E-state index in [0.717, 1.165) is 37.3 Å². The topological polar surface area (TPSA) is 39.9 Å². The fraction of sp³-hybridized carbons (Fsp3) is 0.250. The number of benzene rings is 2. The summed E-state index contributed by atoms with van der Waals surface area (Å²) in [6.07, 6.45) is 2.73. The molecule has 2 atom stereocenters. The smallest absolute Gasteiger partial charge is 0.128 e. The van der Waals surface area contributed by atoms with E-state index in [-0.39, 0.29) is 5.92 Å². The van der Waals surface area contributed by atoms with Gasteiger partial charge in [-0.1, -0.05) is 60.1 Å². The van der Waals surface area contributed by atoms with E-state index in [9.17, 15) is 5.26 Å². The molecule has 1 fully saturated rings. The molecule has 0 spiro atoms. The number of nitriles is 1. The predicted molar refractivity (Wildman–Crippen MR) is 112 cm³/mol. The van der Waals surface area contributed by atoms with Gasteiger partial charge in [0.15, 0.2) is 0 Å². The summed E-state index contributed by atoms with van der Waals surface area (Å²) in [6, 6.07) is 26.7. The predicted octanol–water partition coefficient (Wildman–Crippen LogP) is 5.07. The lowest BCUT2D eigenvalue weighted by atomic mass is 9.68. The molecular formula is C24H22ClN3. The molecular weight excluding hydrogens is 366 g/mol. The van der Waals surface area contributed by atoms with Crippen molar-refractivity contribution in [3.63, 3.8) is 0 Å². The maximum absolute atomic E-state index is 10.4. The minimum atomic E-state index is -0.780. The molecule has 0 amide bonds. The van der Waals surface area contributed by atoms with E-state index < -0.39 is 5.41 Å². The molecule has 0 bridgehead atoms. The first kappa shape index (κ1) is 18.7. The summed E-state index contributed by atoms with van der Waals surface area (Å²) >= 11 is 6.12. The maximum atomic E-state index is 10.4. The molecule has 3 aromatic rings. The molecule has 0 radical (unpaired) electrons. The first-order chi connectivity index (χ1) is 13.7. The fourth-order valence-corrected chi connectivity index (χ4v) is 4.41. The Bertz CT molecular complexity index is 951. The molecule has 1 saturated heterocycles. The zero-order valence-corrected chi connectivity index (χ0v) is 16.4. The highest BCUT2D eigenvalue weighted by atomic mass is 35.5. The fourth-order valence-electron chi connectivity index (χ4n) is 4.29. The number of aromatic nitrogens is 1. The van der Waals surface area contributed by atoms with E-state index in [1.54, 1.807) is 6.20 Å². The third-order valence-corrected chi connectivity index (χ3v) is 5.93. The summed E-state index contributed by atoms with van der Waals surface area (Å²) in [5, 5.41) is 11.1. The van der Waals surface area contributed by atoms with Gasteiger partial charge in [0, 0.05) is 30.2 Å². The number of pyridine rings is 1. The van der Waals surface area contributed by atoms with Crippen molar-refractivity contribution >= 4 is 11.6 Å². The Labute approximate surface area is 171 Å². The van der Waals surface area contributed by atoms with Crippen LogP contribution in [0.4, 0.5) is 0 Å². The largest absolute Gasteiger partial charge is 0.299 e. The molecule has 28 heavy (non-hydrogen) atoms. The molecule has 2 heterocycles. The molecule has 2 unspecified atom stereocenters. The summed E-state index contributed by atoms with van der Waals surface area (Å²) in [5.74, 6) is 0.164. The van der Waals surface area contributed by atoms with Crippen LogP contribution >= 0.6 is 11.6 Å². The summed E-state index contributed by atoms with van der Waals surface area (Å²) in [6.45, 7) is 2.74. The molecule has 0 aliphatic carbocycles. The number of hydrogen-bond donors (Lipinski definition) is 0. The van der Waals surface area contributed by atoms with Crippen LogP contribution in [0.5, 0.6) is 0 Å². The highest BCUT2D eigenvalue weighted by molar-refractivity contribution is 6.30. The van der Waals surface area contributed by atoms with Crippen LogP contribution in [0.15, 0.2) is 79.0 Å². The highest BCUT2D eigenvalue weighted by Crippen LogP contribution is 2.43. The van der Waals surface area contributed by atoms with Crippen molar-refractivity contribution in [3.8, 4) is 6.07 Å². The van der Waals surface area contributed by atoms with E-state index in [2.05, 4.69) is 40.2 Å². The first-order valence-electron chi connectivity index (χ1n) is 9.57. The van der Waals surface area contributed by atoms with E-state index in [1.807, 2.05) is 48.5 Å². The Morgan fingerprint density at radius 3 is 2.46 bits per heavy atom. The van der Waals surface area contributed by atoms with Crippen molar-refractivity contribution in [2.24, 2.45) is 5.92 Å². The Morgan fingerprint density at radius 2 is 1.79 bits per heavy atom. The first-order valence-corrected chi connectivity index (χ1v) is 9.95. The minimum absolute atomic E-state index is 0.164. The summed E-state index contributed by atoms with van der Waals surface area (Å²) in [4.78, 5) is 7.04. The monoisotopic (exact) mass is 387 g/mol. The Hall–Kier alpha value is -2.67.